The molecule has 146 valence electrons. The molecule has 1 aliphatic heterocycles. The van der Waals surface area contributed by atoms with E-state index in [1.165, 1.54) is 5.56 Å². The van der Waals surface area contributed by atoms with E-state index in [-0.39, 0.29) is 24.3 Å². The molecule has 1 saturated heterocycles. The summed E-state index contributed by atoms with van der Waals surface area (Å²) in [5.74, 6) is -0.550. The Labute approximate surface area is 159 Å². The SMILES string of the molecule is Cc1c(CNCCN2CCCC(C(N)=O)C2)c2ccccc2n1CC(N)=O. The highest BCUT2D eigenvalue weighted by Crippen LogP contribution is 2.25. The van der Waals surface area contributed by atoms with Crippen molar-refractivity contribution in [3.8, 4) is 0 Å². The van der Waals surface area contributed by atoms with E-state index in [1.54, 1.807) is 0 Å². The van der Waals surface area contributed by atoms with Gasteiger partial charge in [-0.1, -0.05) is 18.2 Å². The minimum absolute atomic E-state index is 0.0206. The first kappa shape index (κ1) is 19.4. The number of benzene rings is 1. The van der Waals surface area contributed by atoms with Crippen molar-refractivity contribution in [3.63, 3.8) is 0 Å². The van der Waals surface area contributed by atoms with Crippen molar-refractivity contribution in [2.75, 3.05) is 26.2 Å². The van der Waals surface area contributed by atoms with Gasteiger partial charge in [0.2, 0.25) is 11.8 Å². The molecular weight excluding hydrogens is 342 g/mol. The Bertz CT molecular complexity index is 829. The van der Waals surface area contributed by atoms with Gasteiger partial charge < -0.3 is 26.3 Å². The number of carbonyl (C=O) groups is 2. The van der Waals surface area contributed by atoms with Gasteiger partial charge in [0.15, 0.2) is 0 Å². The minimum atomic E-state index is -0.340. The topological polar surface area (TPSA) is 106 Å². The number of piperidine rings is 1. The Kier molecular flexibility index (Phi) is 6.13. The molecule has 2 heterocycles. The number of likely N-dealkylation sites (tertiary alicyclic amines) is 1. The number of hydrogen-bond acceptors (Lipinski definition) is 4. The third-order valence-corrected chi connectivity index (χ3v) is 5.49. The summed E-state index contributed by atoms with van der Waals surface area (Å²) in [5, 5.41) is 4.65. The van der Waals surface area contributed by atoms with Crippen LogP contribution in [-0.2, 0) is 22.7 Å². The van der Waals surface area contributed by atoms with Crippen LogP contribution in [0.1, 0.15) is 24.1 Å². The number of nitrogens with one attached hydrogen (secondary N) is 1. The highest BCUT2D eigenvalue weighted by molar-refractivity contribution is 5.87. The number of nitrogens with zero attached hydrogens (tertiary/aromatic N) is 2. The van der Waals surface area contributed by atoms with Crippen molar-refractivity contribution in [1.29, 1.82) is 0 Å². The van der Waals surface area contributed by atoms with Gasteiger partial charge in [-0.15, -0.1) is 0 Å². The fourth-order valence-corrected chi connectivity index (χ4v) is 4.03. The van der Waals surface area contributed by atoms with Gasteiger partial charge in [0, 0.05) is 42.8 Å². The fraction of sp³-hybridized carbons (Fsp3) is 0.500. The molecule has 1 fully saturated rings. The Morgan fingerprint density at radius 1 is 1.26 bits per heavy atom. The number of amides is 2. The van der Waals surface area contributed by atoms with Gasteiger partial charge >= 0.3 is 0 Å². The molecule has 3 rings (SSSR count). The van der Waals surface area contributed by atoms with Gasteiger partial charge in [0.05, 0.1) is 5.92 Å². The normalized spacial score (nSPS) is 18.0. The number of rotatable bonds is 8. The Morgan fingerprint density at radius 2 is 2.04 bits per heavy atom. The Balaban J connectivity index is 1.61. The zero-order chi connectivity index (χ0) is 19.4. The lowest BCUT2D eigenvalue weighted by molar-refractivity contribution is -0.123. The van der Waals surface area contributed by atoms with Gasteiger partial charge in [-0.05, 0) is 37.9 Å². The first-order valence-corrected chi connectivity index (χ1v) is 9.54. The molecule has 2 amide bonds. The zero-order valence-corrected chi connectivity index (χ0v) is 15.9. The largest absolute Gasteiger partial charge is 0.369 e. The summed E-state index contributed by atoms with van der Waals surface area (Å²) in [6.45, 7) is 6.45. The van der Waals surface area contributed by atoms with Crippen LogP contribution >= 0.6 is 0 Å². The van der Waals surface area contributed by atoms with Gasteiger partial charge in [-0.25, -0.2) is 0 Å². The van der Waals surface area contributed by atoms with Gasteiger partial charge in [0.25, 0.3) is 0 Å². The van der Waals surface area contributed by atoms with Crippen LogP contribution in [0.2, 0.25) is 0 Å². The van der Waals surface area contributed by atoms with E-state index >= 15 is 0 Å². The summed E-state index contributed by atoms with van der Waals surface area (Å²) in [4.78, 5) is 25.1. The second kappa shape index (κ2) is 8.54. The van der Waals surface area contributed by atoms with Crippen LogP contribution in [0.5, 0.6) is 0 Å². The van der Waals surface area contributed by atoms with Gasteiger partial charge in [-0.3, -0.25) is 9.59 Å². The molecular formula is C20H29N5O2. The maximum atomic E-state index is 11.4. The first-order valence-electron chi connectivity index (χ1n) is 9.54. The van der Waals surface area contributed by atoms with Crippen molar-refractivity contribution < 1.29 is 9.59 Å². The number of primary amides is 2. The summed E-state index contributed by atoms with van der Waals surface area (Å²) >= 11 is 0. The van der Waals surface area contributed by atoms with Crippen LogP contribution in [0.15, 0.2) is 24.3 Å². The smallest absolute Gasteiger partial charge is 0.237 e. The van der Waals surface area contributed by atoms with E-state index in [9.17, 15) is 9.59 Å². The van der Waals surface area contributed by atoms with E-state index < -0.39 is 0 Å². The first-order chi connectivity index (χ1) is 13.0. The maximum Gasteiger partial charge on any atom is 0.237 e. The lowest BCUT2D eigenvalue weighted by Crippen LogP contribution is -2.43. The quantitative estimate of drug-likeness (QED) is 0.595. The Hall–Kier alpha value is -2.38. The molecule has 27 heavy (non-hydrogen) atoms. The number of nitrogens with two attached hydrogens (primary N) is 2. The number of hydrogen-bond donors (Lipinski definition) is 3. The Morgan fingerprint density at radius 3 is 2.78 bits per heavy atom. The summed E-state index contributed by atoms with van der Waals surface area (Å²) < 4.78 is 1.98. The molecule has 0 spiro atoms. The second-order valence-corrected chi connectivity index (χ2v) is 7.35. The van der Waals surface area contributed by atoms with Crippen LogP contribution in [0, 0.1) is 12.8 Å². The van der Waals surface area contributed by atoms with Crippen molar-refractivity contribution in [3.05, 3.63) is 35.5 Å². The van der Waals surface area contributed by atoms with Crippen LogP contribution in [0.3, 0.4) is 0 Å². The zero-order valence-electron chi connectivity index (χ0n) is 15.9. The number of aromatic nitrogens is 1. The van der Waals surface area contributed by atoms with Crippen molar-refractivity contribution in [2.45, 2.75) is 32.9 Å². The fourth-order valence-electron chi connectivity index (χ4n) is 4.03. The molecule has 7 heteroatoms. The average Bonchev–Trinajstić information content (AvgIpc) is 2.90. The lowest BCUT2D eigenvalue weighted by Gasteiger charge is -2.31. The molecule has 0 saturated carbocycles. The van der Waals surface area contributed by atoms with Crippen LogP contribution < -0.4 is 16.8 Å². The number of para-hydroxylation sites is 1. The molecule has 1 aromatic heterocycles. The lowest BCUT2D eigenvalue weighted by atomic mass is 9.97. The van der Waals surface area contributed by atoms with Gasteiger partial charge in [-0.2, -0.15) is 0 Å². The van der Waals surface area contributed by atoms with E-state index in [1.807, 2.05) is 29.7 Å². The molecule has 2 aromatic rings. The van der Waals surface area contributed by atoms with E-state index in [0.29, 0.717) is 0 Å². The predicted molar refractivity (Wildman–Crippen MR) is 106 cm³/mol. The number of carbonyl (C=O) groups excluding carboxylic acids is 2. The molecule has 0 aliphatic carbocycles. The molecule has 0 bridgehead atoms. The summed E-state index contributed by atoms with van der Waals surface area (Å²) in [6.07, 6.45) is 1.92. The molecule has 0 radical (unpaired) electrons. The van der Waals surface area contributed by atoms with Crippen LogP contribution in [0.25, 0.3) is 10.9 Å². The molecule has 5 N–H and O–H groups in total. The van der Waals surface area contributed by atoms with Crippen LogP contribution in [0.4, 0.5) is 0 Å². The molecule has 7 nitrogen and oxygen atoms in total. The summed E-state index contributed by atoms with van der Waals surface area (Å²) in [6, 6.07) is 8.09. The van der Waals surface area contributed by atoms with E-state index in [0.717, 1.165) is 62.2 Å². The van der Waals surface area contributed by atoms with E-state index in [4.69, 9.17) is 11.5 Å². The van der Waals surface area contributed by atoms with Gasteiger partial charge in [0.1, 0.15) is 6.54 Å². The summed E-state index contributed by atoms with van der Waals surface area (Å²) in [7, 11) is 0. The third-order valence-electron chi connectivity index (χ3n) is 5.49. The monoisotopic (exact) mass is 371 g/mol. The van der Waals surface area contributed by atoms with Crippen molar-refractivity contribution >= 4 is 22.7 Å². The molecule has 1 atom stereocenters. The molecule has 1 aromatic carbocycles. The van der Waals surface area contributed by atoms with Crippen molar-refractivity contribution in [1.82, 2.24) is 14.8 Å². The summed E-state index contributed by atoms with van der Waals surface area (Å²) in [5.41, 5.74) is 14.2. The van der Waals surface area contributed by atoms with Crippen LogP contribution in [-0.4, -0.2) is 47.5 Å². The average molecular weight is 371 g/mol. The minimum Gasteiger partial charge on any atom is -0.369 e. The number of fused-ring (bicyclic) bond motifs is 1. The standard InChI is InChI=1S/C20H29N5O2/c1-14-17(16-6-2-3-7-18(16)25(14)13-19(21)26)11-23-8-10-24-9-4-5-15(12-24)20(22)27/h2-3,6-7,15,23H,4-5,8-13H2,1H3,(H2,21,26)(H2,22,27). The predicted octanol–water partition coefficient (Wildman–Crippen LogP) is 0.722. The third kappa shape index (κ3) is 4.48. The highest BCUT2D eigenvalue weighted by atomic mass is 16.1. The highest BCUT2D eigenvalue weighted by Gasteiger charge is 2.23. The van der Waals surface area contributed by atoms with Crippen molar-refractivity contribution in [2.24, 2.45) is 17.4 Å². The molecule has 1 unspecified atom stereocenters. The molecule has 1 aliphatic rings. The second-order valence-electron chi connectivity index (χ2n) is 7.35. The maximum absolute atomic E-state index is 11.4. The van der Waals surface area contributed by atoms with E-state index in [2.05, 4.69) is 16.3 Å².